The van der Waals surface area contributed by atoms with Crippen LogP contribution in [-0.2, 0) is 0 Å². The lowest BCUT2D eigenvalue weighted by Gasteiger charge is -2.23. The zero-order chi connectivity index (χ0) is 13.8. The number of hydrogen-bond donors (Lipinski definition) is 2. The smallest absolute Gasteiger partial charge is 0.326 e. The van der Waals surface area contributed by atoms with Crippen LogP contribution in [0.2, 0.25) is 0 Å². The molecule has 1 heterocycles. The van der Waals surface area contributed by atoms with Gasteiger partial charge in [0.05, 0.1) is 10.9 Å². The van der Waals surface area contributed by atoms with Gasteiger partial charge in [0.15, 0.2) is 0 Å². The van der Waals surface area contributed by atoms with Crippen LogP contribution in [0, 0.1) is 0 Å². The van der Waals surface area contributed by atoms with Crippen LogP contribution in [0.5, 0.6) is 0 Å². The summed E-state index contributed by atoms with van der Waals surface area (Å²) in [5.74, 6) is 0. The lowest BCUT2D eigenvalue weighted by atomic mass is 10.2. The molecule has 2 rings (SSSR count). The zero-order valence-electron chi connectivity index (χ0n) is 11.3. The summed E-state index contributed by atoms with van der Waals surface area (Å²) < 4.78 is 0. The van der Waals surface area contributed by atoms with Gasteiger partial charge in [-0.25, -0.2) is 4.79 Å². The number of fused-ring (bicyclic) bond motifs is 1. The predicted octanol–water partition coefficient (Wildman–Crippen LogP) is 1.84. The highest BCUT2D eigenvalue weighted by Crippen LogP contribution is 2.18. The van der Waals surface area contributed by atoms with Crippen LogP contribution >= 0.6 is 0 Å². The van der Waals surface area contributed by atoms with E-state index >= 15 is 0 Å². The van der Waals surface area contributed by atoms with Crippen molar-refractivity contribution in [3.63, 3.8) is 0 Å². The highest BCUT2D eigenvalue weighted by Gasteiger charge is 2.07. The molecule has 0 bridgehead atoms. The molecule has 0 spiro atoms. The van der Waals surface area contributed by atoms with Crippen molar-refractivity contribution in [1.82, 2.24) is 9.97 Å². The van der Waals surface area contributed by atoms with Gasteiger partial charge >= 0.3 is 5.69 Å². The monoisotopic (exact) mass is 261 g/mol. The van der Waals surface area contributed by atoms with Crippen molar-refractivity contribution in [1.29, 1.82) is 0 Å². The van der Waals surface area contributed by atoms with Crippen molar-refractivity contribution in [2.24, 2.45) is 0 Å². The molecular formula is C14H19N3O2. The first-order valence-electron chi connectivity index (χ1n) is 6.67. The molecule has 0 aliphatic carbocycles. The fraction of sp³-hybridized carbons (Fsp3) is 0.429. The van der Waals surface area contributed by atoms with Crippen LogP contribution < -0.4 is 16.1 Å². The Bertz CT molecular complexity index is 666. The maximum Gasteiger partial charge on any atom is 0.326 e. The molecule has 5 heteroatoms. The van der Waals surface area contributed by atoms with Crippen molar-refractivity contribution in [2.75, 3.05) is 18.0 Å². The van der Waals surface area contributed by atoms with E-state index in [0.29, 0.717) is 10.9 Å². The van der Waals surface area contributed by atoms with Gasteiger partial charge in [0, 0.05) is 18.8 Å². The van der Waals surface area contributed by atoms with E-state index in [9.17, 15) is 9.59 Å². The fourth-order valence-electron chi connectivity index (χ4n) is 2.26. The number of benzene rings is 1. The quantitative estimate of drug-likeness (QED) is 0.863. The summed E-state index contributed by atoms with van der Waals surface area (Å²) in [6.45, 7) is 6.18. The van der Waals surface area contributed by atoms with E-state index in [4.69, 9.17) is 0 Å². The number of nitrogens with zero attached hydrogens (tertiary/aromatic N) is 1. The standard InChI is InChI=1S/C14H19N3O2/c1-3-7-17(8-4-2)10-5-6-12-11(9-10)13(18)16-14(19)15-12/h5-6,9H,3-4,7-8H2,1-2H3,(H2,15,16,18,19). The molecule has 0 fully saturated rings. The van der Waals surface area contributed by atoms with Gasteiger partial charge in [-0.15, -0.1) is 0 Å². The van der Waals surface area contributed by atoms with Crippen LogP contribution in [-0.4, -0.2) is 23.1 Å². The second-order valence-corrected chi connectivity index (χ2v) is 4.63. The van der Waals surface area contributed by atoms with E-state index in [2.05, 4.69) is 28.7 Å². The van der Waals surface area contributed by atoms with Crippen molar-refractivity contribution in [2.45, 2.75) is 26.7 Å². The van der Waals surface area contributed by atoms with E-state index < -0.39 is 5.69 Å². The second kappa shape index (κ2) is 5.73. The van der Waals surface area contributed by atoms with Gasteiger partial charge in [-0.05, 0) is 31.0 Å². The Morgan fingerprint density at radius 1 is 1.05 bits per heavy atom. The van der Waals surface area contributed by atoms with E-state index in [0.717, 1.165) is 31.6 Å². The van der Waals surface area contributed by atoms with Crippen LogP contribution in [0.4, 0.5) is 5.69 Å². The first kappa shape index (κ1) is 13.4. The maximum atomic E-state index is 11.8. The second-order valence-electron chi connectivity index (χ2n) is 4.63. The summed E-state index contributed by atoms with van der Waals surface area (Å²) in [6, 6.07) is 5.58. The van der Waals surface area contributed by atoms with Crippen molar-refractivity contribution >= 4 is 16.6 Å². The van der Waals surface area contributed by atoms with E-state index in [-0.39, 0.29) is 5.56 Å². The Balaban J connectivity index is 2.51. The minimum atomic E-state index is -0.468. The topological polar surface area (TPSA) is 69.0 Å². The maximum absolute atomic E-state index is 11.8. The Hall–Kier alpha value is -2.04. The van der Waals surface area contributed by atoms with Gasteiger partial charge in [-0.2, -0.15) is 0 Å². The summed E-state index contributed by atoms with van der Waals surface area (Å²) in [5.41, 5.74) is 0.789. The van der Waals surface area contributed by atoms with E-state index in [1.54, 1.807) is 6.07 Å². The molecule has 19 heavy (non-hydrogen) atoms. The van der Waals surface area contributed by atoms with E-state index in [1.165, 1.54) is 0 Å². The summed E-state index contributed by atoms with van der Waals surface area (Å²) >= 11 is 0. The van der Waals surface area contributed by atoms with Gasteiger partial charge in [0.1, 0.15) is 0 Å². The Morgan fingerprint density at radius 3 is 2.37 bits per heavy atom. The largest absolute Gasteiger partial charge is 0.372 e. The molecule has 0 saturated heterocycles. The number of anilines is 1. The summed E-state index contributed by atoms with van der Waals surface area (Å²) in [4.78, 5) is 30.1. The third kappa shape index (κ3) is 2.86. The first-order valence-corrected chi connectivity index (χ1v) is 6.67. The van der Waals surface area contributed by atoms with Crippen LogP contribution in [0.3, 0.4) is 0 Å². The number of aromatic amines is 2. The van der Waals surface area contributed by atoms with Crippen molar-refractivity contribution in [3.8, 4) is 0 Å². The Labute approximate surface area is 111 Å². The van der Waals surface area contributed by atoms with Crippen LogP contribution in [0.1, 0.15) is 26.7 Å². The number of aromatic nitrogens is 2. The first-order chi connectivity index (χ1) is 9.15. The average Bonchev–Trinajstić information content (AvgIpc) is 2.38. The molecule has 0 aliphatic rings. The fourth-order valence-corrected chi connectivity index (χ4v) is 2.26. The van der Waals surface area contributed by atoms with Gasteiger partial charge in [0.25, 0.3) is 5.56 Å². The molecule has 5 nitrogen and oxygen atoms in total. The third-order valence-electron chi connectivity index (χ3n) is 3.08. The summed E-state index contributed by atoms with van der Waals surface area (Å²) in [6.07, 6.45) is 2.11. The molecule has 2 aromatic rings. The molecule has 0 saturated carbocycles. The third-order valence-corrected chi connectivity index (χ3v) is 3.08. The normalized spacial score (nSPS) is 10.8. The molecule has 2 N–H and O–H groups in total. The molecule has 1 aromatic heterocycles. The molecule has 0 unspecified atom stereocenters. The van der Waals surface area contributed by atoms with Gasteiger partial charge in [-0.1, -0.05) is 13.8 Å². The summed E-state index contributed by atoms with van der Waals surface area (Å²) in [7, 11) is 0. The van der Waals surface area contributed by atoms with Crippen LogP contribution in [0.15, 0.2) is 27.8 Å². The van der Waals surface area contributed by atoms with E-state index in [1.807, 2.05) is 12.1 Å². The Morgan fingerprint density at radius 2 is 1.74 bits per heavy atom. The summed E-state index contributed by atoms with van der Waals surface area (Å²) in [5, 5.41) is 0.523. The van der Waals surface area contributed by atoms with Crippen LogP contribution in [0.25, 0.3) is 10.9 Å². The lowest BCUT2D eigenvalue weighted by molar-refractivity contribution is 0.745. The lowest BCUT2D eigenvalue weighted by Crippen LogP contribution is -2.26. The molecule has 0 aliphatic heterocycles. The zero-order valence-corrected chi connectivity index (χ0v) is 11.3. The number of H-pyrrole nitrogens is 2. The minimum Gasteiger partial charge on any atom is -0.372 e. The average molecular weight is 261 g/mol. The number of nitrogens with one attached hydrogen (secondary N) is 2. The SMILES string of the molecule is CCCN(CCC)c1ccc2[nH]c(=O)[nH]c(=O)c2c1. The molecule has 1 aromatic carbocycles. The minimum absolute atomic E-state index is 0.339. The highest BCUT2D eigenvalue weighted by molar-refractivity contribution is 5.81. The molecule has 0 amide bonds. The van der Waals surface area contributed by atoms with Gasteiger partial charge < -0.3 is 9.88 Å². The van der Waals surface area contributed by atoms with Crippen molar-refractivity contribution in [3.05, 3.63) is 39.0 Å². The Kier molecular flexibility index (Phi) is 4.04. The number of rotatable bonds is 5. The molecular weight excluding hydrogens is 242 g/mol. The van der Waals surface area contributed by atoms with Crippen molar-refractivity contribution < 1.29 is 0 Å². The van der Waals surface area contributed by atoms with Gasteiger partial charge in [-0.3, -0.25) is 9.78 Å². The van der Waals surface area contributed by atoms with Gasteiger partial charge in [0.2, 0.25) is 0 Å². The predicted molar refractivity (Wildman–Crippen MR) is 78.0 cm³/mol. The highest BCUT2D eigenvalue weighted by atomic mass is 16.2. The number of hydrogen-bond acceptors (Lipinski definition) is 3. The molecule has 0 atom stereocenters. The molecule has 0 radical (unpaired) electrons. The molecule has 102 valence electrons.